The van der Waals surface area contributed by atoms with Crippen LogP contribution in [0.5, 0.6) is 0 Å². The molecule has 3 heteroatoms. The predicted molar refractivity (Wildman–Crippen MR) is 75.0 cm³/mol. The lowest BCUT2D eigenvalue weighted by Crippen LogP contribution is -2.35. The minimum atomic E-state index is -1.07. The lowest BCUT2D eigenvalue weighted by atomic mass is 10.1. The third-order valence-electron chi connectivity index (χ3n) is 2.41. The van der Waals surface area contributed by atoms with Crippen molar-refractivity contribution in [3.05, 3.63) is 48.6 Å². The molecular formula is C14H21NOS. The molecular weight excluding hydrogens is 230 g/mol. The predicted octanol–water partition coefficient (Wildman–Crippen LogP) is 3.36. The molecule has 0 saturated heterocycles. The fourth-order valence-electron chi connectivity index (χ4n) is 1.41. The van der Waals surface area contributed by atoms with Crippen LogP contribution in [0.1, 0.15) is 38.8 Å². The van der Waals surface area contributed by atoms with E-state index in [0.29, 0.717) is 0 Å². The summed E-state index contributed by atoms with van der Waals surface area (Å²) in [6.45, 7) is 9.65. The Morgan fingerprint density at radius 1 is 1.35 bits per heavy atom. The lowest BCUT2D eigenvalue weighted by molar-refractivity contribution is 0.602. The molecule has 1 aromatic rings. The highest BCUT2D eigenvalue weighted by atomic mass is 32.2. The molecule has 94 valence electrons. The van der Waals surface area contributed by atoms with Crippen LogP contribution in [-0.2, 0) is 11.0 Å². The van der Waals surface area contributed by atoms with Gasteiger partial charge in [-0.2, -0.15) is 0 Å². The van der Waals surface area contributed by atoms with E-state index in [9.17, 15) is 4.21 Å². The van der Waals surface area contributed by atoms with E-state index >= 15 is 0 Å². The van der Waals surface area contributed by atoms with Crippen LogP contribution in [0.2, 0.25) is 0 Å². The summed E-state index contributed by atoms with van der Waals surface area (Å²) in [4.78, 5) is 0. The van der Waals surface area contributed by atoms with Crippen molar-refractivity contribution in [3.63, 3.8) is 0 Å². The number of hydrogen-bond acceptors (Lipinski definition) is 1. The summed E-state index contributed by atoms with van der Waals surface area (Å²) < 4.78 is 15.0. The Morgan fingerprint density at radius 3 is 2.41 bits per heavy atom. The normalized spacial score (nSPS) is 15.2. The van der Waals surface area contributed by atoms with Gasteiger partial charge >= 0.3 is 0 Å². The summed E-state index contributed by atoms with van der Waals surface area (Å²) in [5, 5.41) is 0. The van der Waals surface area contributed by atoms with E-state index in [-0.39, 0.29) is 10.8 Å². The lowest BCUT2D eigenvalue weighted by Gasteiger charge is -2.23. The van der Waals surface area contributed by atoms with Gasteiger partial charge < -0.3 is 0 Å². The highest BCUT2D eigenvalue weighted by Crippen LogP contribution is 2.20. The zero-order valence-electron chi connectivity index (χ0n) is 10.8. The van der Waals surface area contributed by atoms with E-state index < -0.39 is 11.0 Å². The Balaban J connectivity index is 2.81. The van der Waals surface area contributed by atoms with Gasteiger partial charge in [-0.25, -0.2) is 8.93 Å². The molecule has 0 radical (unpaired) electrons. The van der Waals surface area contributed by atoms with Crippen LogP contribution in [0, 0.1) is 0 Å². The third kappa shape index (κ3) is 4.44. The molecule has 0 aliphatic carbocycles. The van der Waals surface area contributed by atoms with E-state index in [0.717, 1.165) is 12.0 Å². The Kier molecular flexibility index (Phi) is 5.09. The molecule has 0 aromatic heterocycles. The Morgan fingerprint density at radius 2 is 1.94 bits per heavy atom. The summed E-state index contributed by atoms with van der Waals surface area (Å²) in [5.74, 6) is 0. The smallest absolute Gasteiger partial charge is 0.0976 e. The summed E-state index contributed by atoms with van der Waals surface area (Å²) in [7, 11) is -1.07. The number of nitrogens with one attached hydrogen (secondary N) is 1. The molecule has 0 spiro atoms. The van der Waals surface area contributed by atoms with Crippen LogP contribution in [0.25, 0.3) is 0 Å². The van der Waals surface area contributed by atoms with Crippen molar-refractivity contribution in [2.45, 2.75) is 38.0 Å². The summed E-state index contributed by atoms with van der Waals surface area (Å²) >= 11 is 0. The maximum absolute atomic E-state index is 12.1. The second-order valence-corrected chi connectivity index (χ2v) is 6.98. The second-order valence-electron chi connectivity index (χ2n) is 4.99. The van der Waals surface area contributed by atoms with Crippen LogP contribution < -0.4 is 4.72 Å². The highest BCUT2D eigenvalue weighted by Gasteiger charge is 2.22. The van der Waals surface area contributed by atoms with Gasteiger partial charge in [0.2, 0.25) is 0 Å². The second kappa shape index (κ2) is 6.12. The molecule has 0 aliphatic heterocycles. The molecule has 0 saturated carbocycles. The average molecular weight is 251 g/mol. The first kappa shape index (κ1) is 14.1. The molecule has 2 atom stereocenters. The van der Waals surface area contributed by atoms with Crippen molar-refractivity contribution in [1.82, 2.24) is 4.72 Å². The van der Waals surface area contributed by atoms with Gasteiger partial charge in [0.25, 0.3) is 0 Å². The first-order chi connectivity index (χ1) is 7.95. The van der Waals surface area contributed by atoms with Gasteiger partial charge in [0.05, 0.1) is 15.7 Å². The monoisotopic (exact) mass is 251 g/mol. The minimum absolute atomic E-state index is 0.0637. The molecule has 2 nitrogen and oxygen atoms in total. The van der Waals surface area contributed by atoms with Crippen LogP contribution in [0.3, 0.4) is 0 Å². The third-order valence-corrected chi connectivity index (χ3v) is 4.02. The molecule has 0 aliphatic rings. The first-order valence-corrected chi connectivity index (χ1v) is 6.94. The fourth-order valence-corrected chi connectivity index (χ4v) is 2.25. The average Bonchev–Trinajstić information content (AvgIpc) is 2.28. The van der Waals surface area contributed by atoms with E-state index in [1.54, 1.807) is 0 Å². The zero-order chi connectivity index (χ0) is 12.9. The molecule has 1 rings (SSSR count). The first-order valence-electron chi connectivity index (χ1n) is 5.79. The summed E-state index contributed by atoms with van der Waals surface area (Å²) in [6.07, 6.45) is 2.62. The molecule has 0 fully saturated rings. The maximum Gasteiger partial charge on any atom is 0.0976 e. The molecule has 0 amide bonds. The Bertz CT molecular complexity index is 381. The minimum Gasteiger partial charge on any atom is -0.242 e. The van der Waals surface area contributed by atoms with Gasteiger partial charge in [-0.3, -0.25) is 0 Å². The van der Waals surface area contributed by atoms with Crippen LogP contribution in [-0.4, -0.2) is 8.96 Å². The van der Waals surface area contributed by atoms with E-state index in [1.165, 1.54) is 0 Å². The van der Waals surface area contributed by atoms with E-state index in [2.05, 4.69) is 11.3 Å². The molecule has 1 aromatic carbocycles. The van der Waals surface area contributed by atoms with Gasteiger partial charge in [0.15, 0.2) is 0 Å². The quantitative estimate of drug-likeness (QED) is 0.799. The molecule has 1 N–H and O–H groups in total. The van der Waals surface area contributed by atoms with Gasteiger partial charge in [-0.05, 0) is 32.8 Å². The van der Waals surface area contributed by atoms with Crippen molar-refractivity contribution in [1.29, 1.82) is 0 Å². The van der Waals surface area contributed by atoms with Crippen molar-refractivity contribution < 1.29 is 4.21 Å². The van der Waals surface area contributed by atoms with E-state index in [1.807, 2.05) is 57.2 Å². The molecule has 0 bridgehead atoms. The van der Waals surface area contributed by atoms with Crippen molar-refractivity contribution in [3.8, 4) is 0 Å². The Hall–Kier alpha value is -0.930. The number of benzene rings is 1. The standard InChI is InChI=1S/C14H21NOS/c1-5-9-13(12-10-7-6-8-11-12)15-17(16)14(2,3)4/h5-8,10-11,13,15H,1,9H2,2-4H3/t13-,17?/m0/s1. The highest BCUT2D eigenvalue weighted by molar-refractivity contribution is 7.84. The SMILES string of the molecule is C=CC[C@H](NS(=O)C(C)(C)C)c1ccccc1. The van der Waals surface area contributed by atoms with Crippen LogP contribution in [0.4, 0.5) is 0 Å². The van der Waals surface area contributed by atoms with Crippen molar-refractivity contribution in [2.75, 3.05) is 0 Å². The van der Waals surface area contributed by atoms with Crippen molar-refractivity contribution >= 4 is 11.0 Å². The number of rotatable bonds is 5. The van der Waals surface area contributed by atoms with Gasteiger partial charge in [-0.1, -0.05) is 36.4 Å². The Labute approximate surface area is 107 Å². The number of hydrogen-bond donors (Lipinski definition) is 1. The van der Waals surface area contributed by atoms with Gasteiger partial charge in [-0.15, -0.1) is 6.58 Å². The molecule has 0 heterocycles. The topological polar surface area (TPSA) is 29.1 Å². The van der Waals surface area contributed by atoms with Crippen LogP contribution in [0.15, 0.2) is 43.0 Å². The molecule has 17 heavy (non-hydrogen) atoms. The zero-order valence-corrected chi connectivity index (χ0v) is 11.6. The fraction of sp³-hybridized carbons (Fsp3) is 0.429. The van der Waals surface area contributed by atoms with Gasteiger partial charge in [0.1, 0.15) is 0 Å². The summed E-state index contributed by atoms with van der Waals surface area (Å²) in [6, 6.07) is 10.1. The van der Waals surface area contributed by atoms with Gasteiger partial charge in [0, 0.05) is 6.04 Å². The summed E-state index contributed by atoms with van der Waals surface area (Å²) in [5.41, 5.74) is 1.14. The van der Waals surface area contributed by atoms with Crippen molar-refractivity contribution in [2.24, 2.45) is 0 Å². The molecule has 1 unspecified atom stereocenters. The van der Waals surface area contributed by atoms with Crippen LogP contribution >= 0.6 is 0 Å². The largest absolute Gasteiger partial charge is 0.242 e. The van der Waals surface area contributed by atoms with E-state index in [4.69, 9.17) is 0 Å². The maximum atomic E-state index is 12.1.